The van der Waals surface area contributed by atoms with E-state index in [1.165, 1.54) is 18.4 Å². The smallest absolute Gasteiger partial charge is 0.244 e. The minimum Gasteiger partial charge on any atom is -0.495 e. The molecule has 0 spiro atoms. The first-order chi connectivity index (χ1) is 15.2. The lowest BCUT2D eigenvalue weighted by atomic mass is 9.94. The topological polar surface area (TPSA) is 113 Å². The Hall–Kier alpha value is -1.98. The molecule has 3 N–H and O–H groups in total. The lowest BCUT2D eigenvalue weighted by Gasteiger charge is -2.26. The molecule has 2 fully saturated rings. The summed E-state index contributed by atoms with van der Waals surface area (Å²) in [5, 5.41) is 20.2. The van der Waals surface area contributed by atoms with E-state index in [-0.39, 0.29) is 22.8 Å². The second-order valence-electron chi connectivity index (χ2n) is 8.82. The summed E-state index contributed by atoms with van der Waals surface area (Å²) in [5.41, 5.74) is 1.55. The second-order valence-corrected chi connectivity index (χ2v) is 11.5. The molecule has 2 aromatic heterocycles. The number of nitrogens with one attached hydrogen (secondary N) is 1. The molecule has 5 rings (SSSR count). The molecule has 0 saturated heterocycles. The average Bonchev–Trinajstić information content (AvgIpc) is 3.25. The van der Waals surface area contributed by atoms with Gasteiger partial charge in [0.05, 0.1) is 29.5 Å². The quantitative estimate of drug-likeness (QED) is 0.503. The fraction of sp³-hybridized carbons (Fsp3) is 0.500. The molecule has 2 saturated carbocycles. The summed E-state index contributed by atoms with van der Waals surface area (Å²) < 4.78 is 36.6. The number of aryl methyl sites for hydroxylation is 1. The van der Waals surface area contributed by atoms with E-state index in [0.717, 1.165) is 34.1 Å². The summed E-state index contributed by atoms with van der Waals surface area (Å²) in [5.74, 6) is 0.272. The van der Waals surface area contributed by atoms with Crippen molar-refractivity contribution in [3.8, 4) is 17.0 Å². The highest BCUT2D eigenvalue weighted by molar-refractivity contribution is 7.89. The number of aliphatic hydroxyl groups is 2. The van der Waals surface area contributed by atoms with Gasteiger partial charge >= 0.3 is 0 Å². The molecule has 2 aliphatic carbocycles. The van der Waals surface area contributed by atoms with Crippen LogP contribution in [0.25, 0.3) is 16.2 Å². The lowest BCUT2D eigenvalue weighted by Crippen LogP contribution is -2.38. The van der Waals surface area contributed by atoms with Crippen molar-refractivity contribution in [2.75, 3.05) is 7.11 Å². The van der Waals surface area contributed by atoms with E-state index < -0.39 is 15.6 Å². The Kier molecular flexibility index (Phi) is 5.33. The molecule has 1 aromatic carbocycles. The predicted molar refractivity (Wildman–Crippen MR) is 122 cm³/mol. The minimum absolute atomic E-state index is 0.0780. The zero-order valence-electron chi connectivity index (χ0n) is 18.0. The molecular formula is C22H27N3O5S2. The Morgan fingerprint density at radius 1 is 1.25 bits per heavy atom. The van der Waals surface area contributed by atoms with Crippen LogP contribution in [0.5, 0.6) is 5.75 Å². The molecule has 8 nitrogen and oxygen atoms in total. The van der Waals surface area contributed by atoms with Crippen LogP contribution in [0, 0.1) is 6.92 Å². The monoisotopic (exact) mass is 477 g/mol. The second kappa shape index (κ2) is 7.81. The number of methoxy groups -OCH3 is 1. The van der Waals surface area contributed by atoms with Crippen molar-refractivity contribution in [2.24, 2.45) is 0 Å². The highest BCUT2D eigenvalue weighted by Crippen LogP contribution is 2.48. The molecule has 0 atom stereocenters. The maximum Gasteiger partial charge on any atom is 0.244 e. The maximum atomic E-state index is 13.3. The number of sulfonamides is 1. The highest BCUT2D eigenvalue weighted by Gasteiger charge is 2.44. The Morgan fingerprint density at radius 2 is 1.97 bits per heavy atom. The summed E-state index contributed by atoms with van der Waals surface area (Å²) >= 11 is 1.46. The van der Waals surface area contributed by atoms with Crippen molar-refractivity contribution >= 4 is 26.3 Å². The molecule has 0 amide bonds. The summed E-state index contributed by atoms with van der Waals surface area (Å²) in [4.78, 5) is 6.36. The van der Waals surface area contributed by atoms with Crippen molar-refractivity contribution in [3.63, 3.8) is 0 Å². The number of rotatable bonds is 6. The standard InChI is InChI=1S/C22H27N3O5S2/c1-13-20(25-12-19(22(27)9-10-22)31-21(25)23-13)14-3-8-17(30-2)18(11-14)32(28,29)24-15-4-6-16(26)7-5-15/h3,8,11-12,15-16,24,26-27H,4-7,9-10H2,1-2H3/t15-,16+. The number of fused-ring (bicyclic) bond motifs is 1. The molecule has 0 unspecified atom stereocenters. The van der Waals surface area contributed by atoms with E-state index in [0.29, 0.717) is 31.2 Å². The minimum atomic E-state index is -3.83. The van der Waals surface area contributed by atoms with Crippen LogP contribution in [0.1, 0.15) is 49.1 Å². The van der Waals surface area contributed by atoms with Gasteiger partial charge in [0.15, 0.2) is 4.96 Å². The molecule has 172 valence electrons. The van der Waals surface area contributed by atoms with Crippen LogP contribution in [0.4, 0.5) is 0 Å². The van der Waals surface area contributed by atoms with Crippen LogP contribution in [-0.2, 0) is 15.6 Å². The van der Waals surface area contributed by atoms with E-state index in [1.54, 1.807) is 12.1 Å². The summed E-state index contributed by atoms with van der Waals surface area (Å²) in [6.45, 7) is 1.89. The van der Waals surface area contributed by atoms with Gasteiger partial charge in [0.1, 0.15) is 16.2 Å². The molecule has 2 aliphatic rings. The van der Waals surface area contributed by atoms with Gasteiger partial charge in [-0.2, -0.15) is 0 Å². The van der Waals surface area contributed by atoms with Gasteiger partial charge in [0.2, 0.25) is 10.0 Å². The number of hydrogen-bond acceptors (Lipinski definition) is 7. The first-order valence-corrected chi connectivity index (χ1v) is 13.1. The number of imidazole rings is 1. The van der Waals surface area contributed by atoms with E-state index in [2.05, 4.69) is 9.71 Å². The average molecular weight is 478 g/mol. The van der Waals surface area contributed by atoms with E-state index in [4.69, 9.17) is 4.74 Å². The van der Waals surface area contributed by atoms with Gasteiger partial charge in [-0.3, -0.25) is 4.40 Å². The molecular weight excluding hydrogens is 450 g/mol. The number of aliphatic hydroxyl groups excluding tert-OH is 1. The van der Waals surface area contributed by atoms with Gasteiger partial charge < -0.3 is 14.9 Å². The number of hydrogen-bond donors (Lipinski definition) is 3. The Balaban J connectivity index is 1.53. The number of nitrogens with zero attached hydrogens (tertiary/aromatic N) is 2. The first-order valence-electron chi connectivity index (χ1n) is 10.8. The van der Waals surface area contributed by atoms with Gasteiger partial charge in [-0.25, -0.2) is 18.1 Å². The Bertz CT molecular complexity index is 1270. The zero-order chi connectivity index (χ0) is 22.7. The van der Waals surface area contributed by atoms with Crippen molar-refractivity contribution < 1.29 is 23.4 Å². The summed E-state index contributed by atoms with van der Waals surface area (Å²) in [6.07, 6.45) is 5.43. The largest absolute Gasteiger partial charge is 0.495 e. The Labute approximate surface area is 190 Å². The third kappa shape index (κ3) is 3.84. The molecule has 3 aromatic rings. The molecule has 0 radical (unpaired) electrons. The van der Waals surface area contributed by atoms with Crippen LogP contribution >= 0.6 is 11.3 Å². The van der Waals surface area contributed by atoms with Crippen LogP contribution < -0.4 is 9.46 Å². The van der Waals surface area contributed by atoms with Gasteiger partial charge in [-0.1, -0.05) is 11.3 Å². The van der Waals surface area contributed by atoms with E-state index in [1.807, 2.05) is 23.6 Å². The van der Waals surface area contributed by atoms with Crippen molar-refractivity contribution in [2.45, 2.75) is 68.1 Å². The fourth-order valence-corrected chi connectivity index (χ4v) is 7.07. The number of ether oxygens (including phenoxy) is 1. The first kappa shape index (κ1) is 21.8. The van der Waals surface area contributed by atoms with Gasteiger partial charge in [-0.05, 0) is 63.6 Å². The van der Waals surface area contributed by atoms with Crippen LogP contribution in [0.3, 0.4) is 0 Å². The summed E-state index contributed by atoms with van der Waals surface area (Å²) in [6, 6.07) is 4.90. The van der Waals surface area contributed by atoms with Crippen molar-refractivity contribution in [1.29, 1.82) is 0 Å². The normalized spacial score (nSPS) is 22.9. The molecule has 10 heteroatoms. The fourth-order valence-electron chi connectivity index (χ4n) is 4.39. The van der Waals surface area contributed by atoms with Gasteiger partial charge in [0.25, 0.3) is 0 Å². The number of thiazole rings is 1. The molecule has 32 heavy (non-hydrogen) atoms. The van der Waals surface area contributed by atoms with Gasteiger partial charge in [0, 0.05) is 17.8 Å². The third-order valence-electron chi connectivity index (χ3n) is 6.43. The number of benzene rings is 1. The zero-order valence-corrected chi connectivity index (χ0v) is 19.7. The predicted octanol–water partition coefficient (Wildman–Crippen LogP) is 2.94. The number of aromatic nitrogens is 2. The molecule has 0 bridgehead atoms. The lowest BCUT2D eigenvalue weighted by molar-refractivity contribution is 0.120. The summed E-state index contributed by atoms with van der Waals surface area (Å²) in [7, 11) is -2.38. The molecule has 2 heterocycles. The van der Waals surface area contributed by atoms with Crippen LogP contribution in [0.2, 0.25) is 0 Å². The van der Waals surface area contributed by atoms with Crippen LogP contribution in [-0.4, -0.2) is 47.3 Å². The van der Waals surface area contributed by atoms with Crippen molar-refractivity contribution in [1.82, 2.24) is 14.1 Å². The Morgan fingerprint density at radius 3 is 2.62 bits per heavy atom. The SMILES string of the molecule is COc1ccc(-c2c(C)nc3sc(C4(O)CC4)cn23)cc1S(=O)(=O)N[C@H]1CC[C@@H](O)CC1. The van der Waals surface area contributed by atoms with E-state index >= 15 is 0 Å². The highest BCUT2D eigenvalue weighted by atomic mass is 32.2. The molecule has 0 aliphatic heterocycles. The van der Waals surface area contributed by atoms with Crippen LogP contribution in [0.15, 0.2) is 29.3 Å². The van der Waals surface area contributed by atoms with Crippen molar-refractivity contribution in [3.05, 3.63) is 35.0 Å². The maximum absolute atomic E-state index is 13.3. The third-order valence-corrected chi connectivity index (χ3v) is 9.15. The van der Waals surface area contributed by atoms with E-state index in [9.17, 15) is 18.6 Å². The van der Waals surface area contributed by atoms with Gasteiger partial charge in [-0.15, -0.1) is 0 Å².